The van der Waals surface area contributed by atoms with Gasteiger partial charge in [0.2, 0.25) is 0 Å². The van der Waals surface area contributed by atoms with Crippen molar-refractivity contribution in [2.45, 2.75) is 12.6 Å². The van der Waals surface area contributed by atoms with Gasteiger partial charge in [-0.05, 0) is 48.0 Å². The second-order valence-electron chi connectivity index (χ2n) is 7.12. The van der Waals surface area contributed by atoms with Gasteiger partial charge in [0.25, 0.3) is 11.7 Å². The number of rotatable bonds is 5. The Kier molecular flexibility index (Phi) is 5.73. The van der Waals surface area contributed by atoms with Crippen LogP contribution in [0.5, 0.6) is 5.75 Å². The number of hydrogen-bond acceptors (Lipinski definition) is 4. The Hall–Kier alpha value is -3.64. The van der Waals surface area contributed by atoms with Crippen molar-refractivity contribution in [2.24, 2.45) is 0 Å². The maximum absolute atomic E-state index is 13.0. The first-order valence-electron chi connectivity index (χ1n) is 9.63. The molecule has 1 atom stereocenters. The fourth-order valence-electron chi connectivity index (χ4n) is 3.66. The molecule has 1 aromatic heterocycles. The van der Waals surface area contributed by atoms with E-state index in [9.17, 15) is 14.7 Å². The van der Waals surface area contributed by atoms with Gasteiger partial charge < -0.3 is 14.7 Å². The molecule has 0 saturated carbocycles. The summed E-state index contributed by atoms with van der Waals surface area (Å²) in [7, 11) is 1.56. The molecule has 156 valence electrons. The van der Waals surface area contributed by atoms with Crippen LogP contribution in [0.15, 0.2) is 78.6 Å². The van der Waals surface area contributed by atoms with E-state index in [-0.39, 0.29) is 17.9 Å². The molecule has 1 fully saturated rings. The van der Waals surface area contributed by atoms with E-state index in [0.717, 1.165) is 5.56 Å². The zero-order chi connectivity index (χ0) is 22.0. The van der Waals surface area contributed by atoms with Gasteiger partial charge in [-0.1, -0.05) is 23.7 Å². The van der Waals surface area contributed by atoms with E-state index < -0.39 is 17.7 Å². The summed E-state index contributed by atoms with van der Waals surface area (Å²) in [5, 5.41) is 11.5. The van der Waals surface area contributed by atoms with Crippen LogP contribution in [-0.2, 0) is 16.1 Å². The third kappa shape index (κ3) is 4.02. The van der Waals surface area contributed by atoms with E-state index in [1.165, 1.54) is 4.90 Å². The highest BCUT2D eigenvalue weighted by Gasteiger charge is 2.46. The molecule has 6 nitrogen and oxygen atoms in total. The minimum absolute atomic E-state index is 0.0393. The number of aromatic amines is 1. The number of ketones is 1. The first-order chi connectivity index (χ1) is 15.0. The number of carbonyl (C=O) groups excluding carboxylic acids is 2. The molecule has 7 heteroatoms. The number of pyridine rings is 1. The number of carbonyl (C=O) groups is 2. The predicted octanol–water partition coefficient (Wildman–Crippen LogP) is 3.78. The van der Waals surface area contributed by atoms with Crippen LogP contribution in [0.25, 0.3) is 5.76 Å². The smallest absolute Gasteiger partial charge is 0.295 e. The molecule has 3 aromatic rings. The van der Waals surface area contributed by atoms with Gasteiger partial charge in [-0.2, -0.15) is 0 Å². The molecule has 2 aromatic carbocycles. The highest BCUT2D eigenvalue weighted by molar-refractivity contribution is 6.46. The van der Waals surface area contributed by atoms with Crippen molar-refractivity contribution in [3.05, 3.63) is 100 Å². The molecule has 1 aliphatic rings. The van der Waals surface area contributed by atoms with Crippen molar-refractivity contribution in [1.29, 1.82) is 0 Å². The van der Waals surface area contributed by atoms with E-state index in [4.69, 9.17) is 16.3 Å². The molecule has 1 aliphatic heterocycles. The Labute approximate surface area is 184 Å². The summed E-state index contributed by atoms with van der Waals surface area (Å²) in [5.74, 6) is -0.984. The second-order valence-corrected chi connectivity index (χ2v) is 7.56. The molecule has 0 aliphatic carbocycles. The highest BCUT2D eigenvalue weighted by Crippen LogP contribution is 2.40. The summed E-state index contributed by atoms with van der Waals surface area (Å²) in [4.78, 5) is 30.5. The molecule has 0 spiro atoms. The Morgan fingerprint density at radius 1 is 1.10 bits per heavy atom. The average Bonchev–Trinajstić information content (AvgIpc) is 3.05. The van der Waals surface area contributed by atoms with Crippen LogP contribution in [0.4, 0.5) is 0 Å². The van der Waals surface area contributed by atoms with Gasteiger partial charge in [-0.15, -0.1) is 0 Å². The van der Waals surface area contributed by atoms with E-state index >= 15 is 0 Å². The Bertz CT molecular complexity index is 1140. The number of nitrogens with zero attached hydrogens (tertiary/aromatic N) is 1. The predicted molar refractivity (Wildman–Crippen MR) is 115 cm³/mol. The number of benzene rings is 2. The van der Waals surface area contributed by atoms with E-state index in [1.807, 2.05) is 12.1 Å². The molecule has 0 radical (unpaired) electrons. The van der Waals surface area contributed by atoms with Crippen molar-refractivity contribution < 1.29 is 24.4 Å². The lowest BCUT2D eigenvalue weighted by Gasteiger charge is -2.25. The Morgan fingerprint density at radius 2 is 1.81 bits per heavy atom. The number of ether oxygens (including phenoxy) is 1. The summed E-state index contributed by atoms with van der Waals surface area (Å²) >= 11 is 5.95. The van der Waals surface area contributed by atoms with Crippen LogP contribution in [0.3, 0.4) is 0 Å². The quantitative estimate of drug-likeness (QED) is 0.375. The number of Topliss-reactive ketones (excluding diaryl/α,β-unsaturated/α-hetero) is 1. The third-order valence-electron chi connectivity index (χ3n) is 5.21. The molecule has 1 amide bonds. The first kappa shape index (κ1) is 20.6. The minimum Gasteiger partial charge on any atom is -0.507 e. The molecule has 1 unspecified atom stereocenters. The van der Waals surface area contributed by atoms with E-state index in [1.54, 1.807) is 68.0 Å². The average molecular weight is 436 g/mol. The number of methoxy groups -OCH3 is 1. The maximum Gasteiger partial charge on any atom is 0.295 e. The van der Waals surface area contributed by atoms with Crippen LogP contribution in [0.1, 0.15) is 22.7 Å². The van der Waals surface area contributed by atoms with E-state index in [2.05, 4.69) is 4.98 Å². The molecule has 4 rings (SSSR count). The summed E-state index contributed by atoms with van der Waals surface area (Å²) < 4.78 is 5.23. The second kappa shape index (κ2) is 8.62. The van der Waals surface area contributed by atoms with Gasteiger partial charge >= 0.3 is 0 Å². The lowest BCUT2D eigenvalue weighted by molar-refractivity contribution is -0.378. The lowest BCUT2D eigenvalue weighted by Crippen LogP contribution is -2.29. The normalized spacial score (nSPS) is 17.7. The Morgan fingerprint density at radius 3 is 2.42 bits per heavy atom. The van der Waals surface area contributed by atoms with Crippen LogP contribution in [0, 0.1) is 0 Å². The van der Waals surface area contributed by atoms with Crippen LogP contribution in [-0.4, -0.2) is 28.8 Å². The summed E-state index contributed by atoms with van der Waals surface area (Å²) in [5.41, 5.74) is 1.97. The van der Waals surface area contributed by atoms with E-state index in [0.29, 0.717) is 21.9 Å². The molecule has 2 N–H and O–H groups in total. The zero-order valence-corrected chi connectivity index (χ0v) is 17.5. The van der Waals surface area contributed by atoms with Crippen LogP contribution < -0.4 is 9.72 Å². The summed E-state index contributed by atoms with van der Waals surface area (Å²) in [6.07, 6.45) is 3.53. The van der Waals surface area contributed by atoms with Crippen LogP contribution >= 0.6 is 11.6 Å². The molecule has 0 bridgehead atoms. The SMILES string of the molecule is COc1ccc(C2C(=C(O)c3ccc(Cl)cc3)C(=O)C(=O)N2Cc2ccc[nH+]c2)cc1. The number of hydrogen-bond donors (Lipinski definition) is 1. The molecule has 2 heterocycles. The monoisotopic (exact) mass is 435 g/mol. The van der Waals surface area contributed by atoms with Gasteiger partial charge in [0.1, 0.15) is 11.5 Å². The number of likely N-dealkylation sites (tertiary alicyclic amines) is 1. The van der Waals surface area contributed by atoms with Gasteiger partial charge in [0, 0.05) is 22.2 Å². The van der Waals surface area contributed by atoms with Crippen molar-refractivity contribution >= 4 is 29.1 Å². The summed E-state index contributed by atoms with van der Waals surface area (Å²) in [6, 6.07) is 16.5. The number of halogens is 1. The molecule has 1 saturated heterocycles. The fraction of sp³-hybridized carbons (Fsp3) is 0.125. The van der Waals surface area contributed by atoms with Crippen molar-refractivity contribution in [1.82, 2.24) is 4.90 Å². The fourth-order valence-corrected chi connectivity index (χ4v) is 3.79. The van der Waals surface area contributed by atoms with Gasteiger partial charge in [0.05, 0.1) is 25.3 Å². The van der Waals surface area contributed by atoms with Crippen molar-refractivity contribution in [3.8, 4) is 5.75 Å². The highest BCUT2D eigenvalue weighted by atomic mass is 35.5. The summed E-state index contributed by atoms with van der Waals surface area (Å²) in [6.45, 7) is 0.204. The number of amides is 1. The first-order valence-corrected chi connectivity index (χ1v) is 10.0. The molecule has 31 heavy (non-hydrogen) atoms. The van der Waals surface area contributed by atoms with Gasteiger partial charge in [0.15, 0.2) is 12.4 Å². The number of aliphatic hydroxyl groups is 1. The van der Waals surface area contributed by atoms with Crippen LogP contribution in [0.2, 0.25) is 5.02 Å². The topological polar surface area (TPSA) is 81.0 Å². The maximum atomic E-state index is 13.0. The van der Waals surface area contributed by atoms with Gasteiger partial charge in [-0.25, -0.2) is 4.98 Å². The van der Waals surface area contributed by atoms with Crippen molar-refractivity contribution in [3.63, 3.8) is 0 Å². The third-order valence-corrected chi connectivity index (χ3v) is 5.47. The van der Waals surface area contributed by atoms with Gasteiger partial charge in [-0.3, -0.25) is 9.59 Å². The minimum atomic E-state index is -0.748. The largest absolute Gasteiger partial charge is 0.507 e. The zero-order valence-electron chi connectivity index (χ0n) is 16.7. The molecular formula is C24H20ClN2O4+. The number of aliphatic hydroxyl groups excluding tert-OH is 1. The number of aromatic nitrogens is 1. The Balaban J connectivity index is 1.85. The number of nitrogens with one attached hydrogen (secondary N) is 1. The lowest BCUT2D eigenvalue weighted by atomic mass is 9.95. The standard InChI is InChI=1S/C24H19ClN2O4/c1-31-19-10-6-16(7-11-19)21-20(22(28)17-4-8-18(25)9-5-17)23(29)24(30)27(21)14-15-3-2-12-26-13-15/h2-13,21,28H,14H2,1H3/p+1. The molecular weight excluding hydrogens is 416 g/mol. The number of H-pyrrole nitrogens is 1. The van der Waals surface area contributed by atoms with Crippen molar-refractivity contribution in [2.75, 3.05) is 7.11 Å².